The summed E-state index contributed by atoms with van der Waals surface area (Å²) in [4.78, 5) is 14.4. The summed E-state index contributed by atoms with van der Waals surface area (Å²) in [6.45, 7) is 6.38. The molecule has 1 aromatic heterocycles. The Morgan fingerprint density at radius 3 is 2.75 bits per heavy atom. The first-order valence-corrected chi connectivity index (χ1v) is 10.2. The highest BCUT2D eigenvalue weighted by molar-refractivity contribution is 7.89. The fourth-order valence-electron chi connectivity index (χ4n) is 3.87. The van der Waals surface area contributed by atoms with E-state index in [4.69, 9.17) is 0 Å². The number of fused-ring (bicyclic) bond motifs is 1. The van der Waals surface area contributed by atoms with Crippen LogP contribution in [0, 0.1) is 5.92 Å². The summed E-state index contributed by atoms with van der Waals surface area (Å²) in [6, 6.07) is 0.191. The molecule has 1 amide bonds. The maximum atomic E-state index is 12.9. The zero-order chi connectivity index (χ0) is 17.3. The van der Waals surface area contributed by atoms with E-state index in [1.807, 2.05) is 11.8 Å². The van der Waals surface area contributed by atoms with Crippen LogP contribution in [0.1, 0.15) is 39.5 Å². The number of hydrogen-bond acceptors (Lipinski definition) is 4. The largest absolute Gasteiger partial charge is 0.339 e. The molecule has 8 heteroatoms. The lowest BCUT2D eigenvalue weighted by atomic mass is 9.84. The van der Waals surface area contributed by atoms with E-state index in [-0.39, 0.29) is 22.8 Å². The van der Waals surface area contributed by atoms with E-state index < -0.39 is 10.0 Å². The van der Waals surface area contributed by atoms with Gasteiger partial charge < -0.3 is 4.90 Å². The zero-order valence-electron chi connectivity index (χ0n) is 14.4. The molecule has 2 aliphatic rings. The van der Waals surface area contributed by atoms with Gasteiger partial charge in [-0.25, -0.2) is 8.42 Å². The molecule has 0 radical (unpaired) electrons. The molecule has 2 aliphatic heterocycles. The molecule has 24 heavy (non-hydrogen) atoms. The van der Waals surface area contributed by atoms with Crippen LogP contribution in [-0.2, 0) is 21.4 Å². The van der Waals surface area contributed by atoms with Crippen LogP contribution in [0.25, 0.3) is 0 Å². The Hall–Kier alpha value is -1.41. The quantitative estimate of drug-likeness (QED) is 0.799. The van der Waals surface area contributed by atoms with E-state index in [0.29, 0.717) is 26.1 Å². The highest BCUT2D eigenvalue weighted by Gasteiger charge is 2.42. The molecular weight excluding hydrogens is 328 g/mol. The van der Waals surface area contributed by atoms with Crippen molar-refractivity contribution in [3.05, 3.63) is 12.4 Å². The minimum absolute atomic E-state index is 0.191. The second kappa shape index (κ2) is 6.84. The van der Waals surface area contributed by atoms with Crippen molar-refractivity contribution in [2.75, 3.05) is 19.6 Å². The number of hydrogen-bond donors (Lipinski definition) is 0. The summed E-state index contributed by atoms with van der Waals surface area (Å²) in [5, 5.41) is 4.08. The molecule has 0 N–H and O–H groups in total. The molecule has 0 aromatic carbocycles. The summed E-state index contributed by atoms with van der Waals surface area (Å²) in [5.41, 5.74) is 0. The van der Waals surface area contributed by atoms with Crippen LogP contribution in [0.4, 0.5) is 0 Å². The SMILES string of the molecule is CCCN1C(=O)CC[C@H]2CN(S(=O)(=O)c3cnn(CC)c3)CC[C@H]21. The highest BCUT2D eigenvalue weighted by atomic mass is 32.2. The van der Waals surface area contributed by atoms with Crippen LogP contribution < -0.4 is 0 Å². The van der Waals surface area contributed by atoms with Gasteiger partial charge in [0.2, 0.25) is 15.9 Å². The number of carbonyl (C=O) groups excluding carboxylic acids is 1. The van der Waals surface area contributed by atoms with Gasteiger partial charge in [-0.1, -0.05) is 6.92 Å². The number of likely N-dealkylation sites (tertiary alicyclic amines) is 1. The number of aryl methyl sites for hydroxylation is 1. The standard InChI is InChI=1S/C16H26N4O3S/c1-3-8-20-15-7-9-19(11-13(15)5-6-16(20)21)24(22,23)14-10-17-18(4-2)12-14/h10,12-13,15H,3-9,11H2,1-2H3/t13-,15+/m0/s1. The Kier molecular flexibility index (Phi) is 4.96. The van der Waals surface area contributed by atoms with Crippen molar-refractivity contribution < 1.29 is 13.2 Å². The van der Waals surface area contributed by atoms with Crippen molar-refractivity contribution in [2.24, 2.45) is 5.92 Å². The first-order chi connectivity index (χ1) is 11.5. The van der Waals surface area contributed by atoms with Crippen LogP contribution in [0.15, 0.2) is 17.3 Å². The monoisotopic (exact) mass is 354 g/mol. The predicted octanol–water partition coefficient (Wildman–Crippen LogP) is 1.31. The van der Waals surface area contributed by atoms with Crippen LogP contribution in [-0.4, -0.2) is 59.0 Å². The first kappa shape index (κ1) is 17.4. The van der Waals surface area contributed by atoms with E-state index in [1.54, 1.807) is 15.2 Å². The maximum absolute atomic E-state index is 12.9. The molecular formula is C16H26N4O3S. The van der Waals surface area contributed by atoms with E-state index in [0.717, 1.165) is 25.8 Å². The predicted molar refractivity (Wildman–Crippen MR) is 89.8 cm³/mol. The fourth-order valence-corrected chi connectivity index (χ4v) is 5.33. The maximum Gasteiger partial charge on any atom is 0.246 e. The summed E-state index contributed by atoms with van der Waals surface area (Å²) in [7, 11) is -3.50. The molecule has 1 aromatic rings. The Morgan fingerprint density at radius 2 is 2.08 bits per heavy atom. The molecule has 0 spiro atoms. The van der Waals surface area contributed by atoms with Gasteiger partial charge in [-0.05, 0) is 32.1 Å². The molecule has 7 nitrogen and oxygen atoms in total. The van der Waals surface area contributed by atoms with Crippen molar-refractivity contribution in [2.45, 2.75) is 57.0 Å². The molecule has 2 fully saturated rings. The number of aromatic nitrogens is 2. The molecule has 0 saturated carbocycles. The molecule has 3 heterocycles. The lowest BCUT2D eigenvalue weighted by Gasteiger charge is -2.46. The Balaban J connectivity index is 1.76. The van der Waals surface area contributed by atoms with Gasteiger partial charge >= 0.3 is 0 Å². The number of amides is 1. The Labute approximate surface area is 143 Å². The molecule has 2 saturated heterocycles. The van der Waals surface area contributed by atoms with Gasteiger partial charge in [0.15, 0.2) is 0 Å². The van der Waals surface area contributed by atoms with Crippen molar-refractivity contribution in [3.63, 3.8) is 0 Å². The smallest absolute Gasteiger partial charge is 0.246 e. The van der Waals surface area contributed by atoms with Crippen molar-refractivity contribution in [1.29, 1.82) is 0 Å². The van der Waals surface area contributed by atoms with Crippen LogP contribution in [0.5, 0.6) is 0 Å². The minimum Gasteiger partial charge on any atom is -0.339 e. The summed E-state index contributed by atoms with van der Waals surface area (Å²) >= 11 is 0. The average Bonchev–Trinajstić information content (AvgIpc) is 3.07. The van der Waals surface area contributed by atoms with Gasteiger partial charge in [0.1, 0.15) is 4.90 Å². The second-order valence-electron chi connectivity index (χ2n) is 6.64. The van der Waals surface area contributed by atoms with Gasteiger partial charge in [-0.3, -0.25) is 9.48 Å². The average molecular weight is 354 g/mol. The molecule has 134 valence electrons. The van der Waals surface area contributed by atoms with E-state index in [2.05, 4.69) is 12.0 Å². The lowest BCUT2D eigenvalue weighted by molar-refractivity contribution is -0.140. The highest BCUT2D eigenvalue weighted by Crippen LogP contribution is 2.33. The van der Waals surface area contributed by atoms with Gasteiger partial charge in [0, 0.05) is 44.8 Å². The van der Waals surface area contributed by atoms with E-state index >= 15 is 0 Å². The van der Waals surface area contributed by atoms with Crippen LogP contribution in [0.2, 0.25) is 0 Å². The van der Waals surface area contributed by atoms with Crippen molar-refractivity contribution in [3.8, 4) is 0 Å². The summed E-state index contributed by atoms with van der Waals surface area (Å²) < 4.78 is 28.9. The van der Waals surface area contributed by atoms with E-state index in [9.17, 15) is 13.2 Å². The number of piperidine rings is 2. The van der Waals surface area contributed by atoms with Gasteiger partial charge in [0.25, 0.3) is 0 Å². The number of nitrogens with zero attached hydrogens (tertiary/aromatic N) is 4. The first-order valence-electron chi connectivity index (χ1n) is 8.79. The third-order valence-electron chi connectivity index (χ3n) is 5.14. The molecule has 0 bridgehead atoms. The Bertz CT molecular complexity index is 700. The van der Waals surface area contributed by atoms with Crippen molar-refractivity contribution in [1.82, 2.24) is 19.0 Å². The molecule has 2 atom stereocenters. The van der Waals surface area contributed by atoms with Crippen molar-refractivity contribution >= 4 is 15.9 Å². The second-order valence-corrected chi connectivity index (χ2v) is 8.57. The molecule has 0 unspecified atom stereocenters. The topological polar surface area (TPSA) is 75.5 Å². The third-order valence-corrected chi connectivity index (χ3v) is 6.96. The summed E-state index contributed by atoms with van der Waals surface area (Å²) in [6.07, 6.45) is 5.99. The van der Waals surface area contributed by atoms with Crippen LogP contribution >= 0.6 is 0 Å². The normalized spacial score (nSPS) is 25.8. The Morgan fingerprint density at radius 1 is 1.29 bits per heavy atom. The molecule has 3 rings (SSSR count). The minimum atomic E-state index is -3.50. The number of sulfonamides is 1. The van der Waals surface area contributed by atoms with Gasteiger partial charge in [-0.2, -0.15) is 9.40 Å². The van der Waals surface area contributed by atoms with Gasteiger partial charge in [-0.15, -0.1) is 0 Å². The zero-order valence-corrected chi connectivity index (χ0v) is 15.2. The van der Waals surface area contributed by atoms with E-state index in [1.165, 1.54) is 6.20 Å². The molecule has 0 aliphatic carbocycles. The van der Waals surface area contributed by atoms with Gasteiger partial charge in [0.05, 0.1) is 6.20 Å². The fraction of sp³-hybridized carbons (Fsp3) is 0.750. The van der Waals surface area contributed by atoms with Crippen LogP contribution in [0.3, 0.4) is 0 Å². The number of rotatable bonds is 5. The number of carbonyl (C=O) groups is 1. The third kappa shape index (κ3) is 3.09. The summed E-state index contributed by atoms with van der Waals surface area (Å²) in [5.74, 6) is 0.456. The lowest BCUT2D eigenvalue weighted by Crippen LogP contribution is -2.56.